The molecule has 0 aliphatic rings. The summed E-state index contributed by atoms with van der Waals surface area (Å²) in [4.78, 5) is 0. The molecule has 0 aromatic heterocycles. The molecule has 82 valence electrons. The molecule has 0 amide bonds. The lowest BCUT2D eigenvalue weighted by Gasteiger charge is -2.22. The second-order valence-corrected chi connectivity index (χ2v) is 4.75. The lowest BCUT2D eigenvalue weighted by Crippen LogP contribution is -2.15. The van der Waals surface area contributed by atoms with Crippen LogP contribution in [0.5, 0.6) is 0 Å². The van der Waals surface area contributed by atoms with Gasteiger partial charge in [0, 0.05) is 0 Å². The quantitative estimate of drug-likeness (QED) is 0.668. The van der Waals surface area contributed by atoms with Crippen LogP contribution in [0.4, 0.5) is 4.39 Å². The van der Waals surface area contributed by atoms with Gasteiger partial charge in [0.25, 0.3) is 0 Å². The van der Waals surface area contributed by atoms with E-state index in [1.807, 2.05) is 20.8 Å². The van der Waals surface area contributed by atoms with Gasteiger partial charge >= 0.3 is 0 Å². The van der Waals surface area contributed by atoms with Crippen molar-refractivity contribution in [2.75, 3.05) is 0 Å². The molecule has 0 bridgehead atoms. The molecule has 0 saturated heterocycles. The molecule has 1 rings (SSSR count). The summed E-state index contributed by atoms with van der Waals surface area (Å²) in [6, 6.07) is 5.14. The van der Waals surface area contributed by atoms with Crippen LogP contribution in [0.1, 0.15) is 43.0 Å². The van der Waals surface area contributed by atoms with Crippen molar-refractivity contribution in [3.63, 3.8) is 0 Å². The van der Waals surface area contributed by atoms with Gasteiger partial charge in [-0.3, -0.25) is 0 Å². The van der Waals surface area contributed by atoms with E-state index >= 15 is 0 Å². The average molecular weight is 216 g/mol. The largest absolute Gasteiger partial charge is 0.206 e. The summed E-state index contributed by atoms with van der Waals surface area (Å²) in [6.07, 6.45) is 0. The second-order valence-electron chi connectivity index (χ2n) is 4.75. The molecule has 2 nitrogen and oxygen atoms in total. The summed E-state index contributed by atoms with van der Waals surface area (Å²) in [5.74, 6) is -0.552. The van der Waals surface area contributed by atoms with Gasteiger partial charge in [-0.1, -0.05) is 20.8 Å². The maximum atomic E-state index is 13.6. The highest BCUT2D eigenvalue weighted by atomic mass is 19.1. The summed E-state index contributed by atoms with van der Waals surface area (Å²) < 4.78 is 13.6. The molecule has 0 fully saturated rings. The Kier molecular flexibility index (Phi) is 3.01. The SMILES string of the molecule is Cc1c(C#N)c(F)cc(C(C)(C)C)c1C#N. The van der Waals surface area contributed by atoms with E-state index < -0.39 is 5.82 Å². The van der Waals surface area contributed by atoms with Crippen LogP contribution in [0.25, 0.3) is 0 Å². The van der Waals surface area contributed by atoms with Gasteiger partial charge in [-0.25, -0.2) is 4.39 Å². The highest BCUT2D eigenvalue weighted by Crippen LogP contribution is 2.30. The van der Waals surface area contributed by atoms with Crippen molar-refractivity contribution in [2.45, 2.75) is 33.1 Å². The van der Waals surface area contributed by atoms with Gasteiger partial charge in [-0.2, -0.15) is 10.5 Å². The standard InChI is InChI=1S/C13H13FN2/c1-8-9(6-15)11(13(2,3)4)5-12(14)10(8)7-16/h5H,1-4H3. The Balaban J connectivity index is 3.71. The molecule has 0 aliphatic carbocycles. The van der Waals surface area contributed by atoms with Crippen molar-refractivity contribution in [1.82, 2.24) is 0 Å². The summed E-state index contributed by atoms with van der Waals surface area (Å²) in [6.45, 7) is 7.34. The summed E-state index contributed by atoms with van der Waals surface area (Å²) in [5.41, 5.74) is 1.12. The fraction of sp³-hybridized carbons (Fsp3) is 0.385. The minimum Gasteiger partial charge on any atom is -0.206 e. The third-order valence-electron chi connectivity index (χ3n) is 2.56. The van der Waals surface area contributed by atoms with E-state index in [9.17, 15) is 4.39 Å². The van der Waals surface area contributed by atoms with E-state index in [0.29, 0.717) is 16.7 Å². The predicted molar refractivity (Wildman–Crippen MR) is 59.3 cm³/mol. The highest BCUT2D eigenvalue weighted by molar-refractivity contribution is 5.54. The maximum absolute atomic E-state index is 13.6. The van der Waals surface area contributed by atoms with Crippen LogP contribution in [-0.2, 0) is 5.41 Å². The second kappa shape index (κ2) is 3.94. The fourth-order valence-electron chi connectivity index (χ4n) is 1.65. The number of hydrogen-bond donors (Lipinski definition) is 0. The first-order valence-corrected chi connectivity index (χ1v) is 4.96. The first kappa shape index (κ1) is 12.2. The van der Waals surface area contributed by atoms with Crippen molar-refractivity contribution in [3.8, 4) is 12.1 Å². The Morgan fingerprint density at radius 3 is 2.00 bits per heavy atom. The van der Waals surface area contributed by atoms with Crippen molar-refractivity contribution < 1.29 is 4.39 Å². The third kappa shape index (κ3) is 1.90. The first-order chi connectivity index (χ1) is 7.32. The van der Waals surface area contributed by atoms with E-state index in [4.69, 9.17) is 10.5 Å². The lowest BCUT2D eigenvalue weighted by molar-refractivity contribution is 0.568. The van der Waals surface area contributed by atoms with E-state index in [0.717, 1.165) is 0 Å². The molecular formula is C13H13FN2. The maximum Gasteiger partial charge on any atom is 0.141 e. The van der Waals surface area contributed by atoms with Gasteiger partial charge in [-0.05, 0) is 29.5 Å². The number of hydrogen-bond acceptors (Lipinski definition) is 2. The molecule has 3 heteroatoms. The molecule has 0 radical (unpaired) electrons. The van der Waals surface area contributed by atoms with Crippen LogP contribution >= 0.6 is 0 Å². The zero-order valence-corrected chi connectivity index (χ0v) is 9.85. The molecule has 0 unspecified atom stereocenters. The molecule has 0 atom stereocenters. The van der Waals surface area contributed by atoms with Gasteiger partial charge in [0.1, 0.15) is 11.9 Å². The molecule has 1 aromatic rings. The summed E-state index contributed by atoms with van der Waals surface area (Å²) in [5, 5.41) is 17.9. The van der Waals surface area contributed by atoms with Gasteiger partial charge in [-0.15, -0.1) is 0 Å². The zero-order valence-electron chi connectivity index (χ0n) is 9.85. The van der Waals surface area contributed by atoms with Gasteiger partial charge in [0.05, 0.1) is 17.2 Å². The van der Waals surface area contributed by atoms with Crippen LogP contribution < -0.4 is 0 Å². The van der Waals surface area contributed by atoms with Crippen molar-refractivity contribution in [2.24, 2.45) is 0 Å². The smallest absolute Gasteiger partial charge is 0.141 e. The van der Waals surface area contributed by atoms with E-state index in [1.54, 1.807) is 13.0 Å². The Morgan fingerprint density at radius 2 is 1.62 bits per heavy atom. The van der Waals surface area contributed by atoms with E-state index in [1.165, 1.54) is 6.07 Å². The minimum absolute atomic E-state index is 0.0375. The number of rotatable bonds is 0. The van der Waals surface area contributed by atoms with Gasteiger partial charge in [0.2, 0.25) is 0 Å². The number of benzene rings is 1. The fourth-order valence-corrected chi connectivity index (χ4v) is 1.65. The van der Waals surface area contributed by atoms with E-state index in [2.05, 4.69) is 6.07 Å². The van der Waals surface area contributed by atoms with E-state index in [-0.39, 0.29) is 11.0 Å². The van der Waals surface area contributed by atoms with Crippen molar-refractivity contribution in [3.05, 3.63) is 34.1 Å². The van der Waals surface area contributed by atoms with Crippen molar-refractivity contribution in [1.29, 1.82) is 10.5 Å². The van der Waals surface area contributed by atoms with Crippen molar-refractivity contribution >= 4 is 0 Å². The molecule has 0 saturated carbocycles. The van der Waals surface area contributed by atoms with Crippen LogP contribution in [0.3, 0.4) is 0 Å². The third-order valence-corrected chi connectivity index (χ3v) is 2.56. The molecule has 0 N–H and O–H groups in total. The molecule has 0 heterocycles. The average Bonchev–Trinajstić information content (AvgIpc) is 2.16. The minimum atomic E-state index is -0.552. The molecule has 1 aromatic carbocycles. The number of nitriles is 2. The van der Waals surface area contributed by atoms with Gasteiger partial charge in [0.15, 0.2) is 0 Å². The lowest BCUT2D eigenvalue weighted by atomic mass is 9.81. The Labute approximate surface area is 94.9 Å². The monoisotopic (exact) mass is 216 g/mol. The number of nitrogens with zero attached hydrogens (tertiary/aromatic N) is 2. The van der Waals surface area contributed by atoms with Crippen LogP contribution in [0.2, 0.25) is 0 Å². The molecular weight excluding hydrogens is 203 g/mol. The van der Waals surface area contributed by atoms with Crippen LogP contribution in [-0.4, -0.2) is 0 Å². The topological polar surface area (TPSA) is 47.6 Å². The molecule has 0 aliphatic heterocycles. The summed E-state index contributed by atoms with van der Waals surface area (Å²) >= 11 is 0. The Bertz CT molecular complexity index is 511. The number of halogens is 1. The van der Waals surface area contributed by atoms with Gasteiger partial charge < -0.3 is 0 Å². The highest BCUT2D eigenvalue weighted by Gasteiger charge is 2.23. The molecule has 0 spiro atoms. The van der Waals surface area contributed by atoms with Crippen LogP contribution in [0.15, 0.2) is 6.07 Å². The Morgan fingerprint density at radius 1 is 1.12 bits per heavy atom. The normalized spacial score (nSPS) is 10.7. The van der Waals surface area contributed by atoms with Crippen LogP contribution in [0, 0.1) is 35.4 Å². The summed E-state index contributed by atoms with van der Waals surface area (Å²) in [7, 11) is 0. The predicted octanol–water partition coefficient (Wildman–Crippen LogP) is 3.17. The molecule has 16 heavy (non-hydrogen) atoms. The first-order valence-electron chi connectivity index (χ1n) is 4.96. The Hall–Kier alpha value is -1.87. The zero-order chi connectivity index (χ0) is 12.5.